The minimum Gasteiger partial charge on any atom is -0.338 e. The molecular weight excluding hydrogens is 318 g/mol. The van der Waals surface area contributed by atoms with Gasteiger partial charge in [0.25, 0.3) is 0 Å². The Morgan fingerprint density at radius 1 is 1.13 bits per heavy atom. The third kappa shape index (κ3) is 3.45. The third-order valence-electron chi connectivity index (χ3n) is 4.34. The number of piperazine rings is 1. The van der Waals surface area contributed by atoms with Gasteiger partial charge in [0.2, 0.25) is 21.9 Å². The van der Waals surface area contributed by atoms with Crippen LogP contribution in [0, 0.1) is 0 Å². The van der Waals surface area contributed by atoms with Crippen molar-refractivity contribution in [3.8, 4) is 0 Å². The second-order valence-corrected chi connectivity index (χ2v) is 7.83. The molecule has 0 spiro atoms. The third-order valence-corrected chi connectivity index (χ3v) is 5.63. The molecule has 1 atom stereocenters. The fourth-order valence-electron chi connectivity index (χ4n) is 3.18. The molecule has 2 saturated heterocycles. The summed E-state index contributed by atoms with van der Waals surface area (Å²) in [5.74, 6) is 0.583. The summed E-state index contributed by atoms with van der Waals surface area (Å²) in [5.41, 5.74) is 0. The van der Waals surface area contributed by atoms with Gasteiger partial charge in [-0.2, -0.15) is 4.31 Å². The summed E-state index contributed by atoms with van der Waals surface area (Å²) in [7, 11) is -3.33. The van der Waals surface area contributed by atoms with E-state index in [9.17, 15) is 13.2 Å². The van der Waals surface area contributed by atoms with Crippen LogP contribution in [0.2, 0.25) is 0 Å². The lowest BCUT2D eigenvalue weighted by molar-refractivity contribution is -0.134. The number of sulfonamides is 1. The van der Waals surface area contributed by atoms with E-state index in [1.54, 1.807) is 23.4 Å². The van der Waals surface area contributed by atoms with Gasteiger partial charge >= 0.3 is 0 Å². The lowest BCUT2D eigenvalue weighted by Gasteiger charge is -2.36. The Hall–Kier alpha value is -1.74. The van der Waals surface area contributed by atoms with Crippen molar-refractivity contribution in [2.24, 2.45) is 0 Å². The Kier molecular flexibility index (Phi) is 4.49. The van der Waals surface area contributed by atoms with Crippen LogP contribution in [-0.2, 0) is 14.8 Å². The molecule has 126 valence electrons. The first-order chi connectivity index (χ1) is 11.0. The number of amides is 1. The molecule has 2 fully saturated rings. The van der Waals surface area contributed by atoms with Gasteiger partial charge in [0, 0.05) is 45.1 Å². The summed E-state index contributed by atoms with van der Waals surface area (Å²) in [5, 5.41) is 0. The van der Waals surface area contributed by atoms with Crippen molar-refractivity contribution in [3.63, 3.8) is 0 Å². The molecule has 0 aliphatic carbocycles. The van der Waals surface area contributed by atoms with Crippen molar-refractivity contribution >= 4 is 21.9 Å². The molecule has 0 N–H and O–H groups in total. The van der Waals surface area contributed by atoms with E-state index in [2.05, 4.69) is 9.97 Å². The fraction of sp³-hybridized carbons (Fsp3) is 0.643. The smallest absolute Gasteiger partial charge is 0.241 e. The first-order valence-corrected chi connectivity index (χ1v) is 9.59. The molecule has 2 aliphatic rings. The largest absolute Gasteiger partial charge is 0.338 e. The molecular formula is C14H21N5O3S. The zero-order chi connectivity index (χ0) is 16.4. The highest BCUT2D eigenvalue weighted by molar-refractivity contribution is 7.88. The van der Waals surface area contributed by atoms with E-state index in [4.69, 9.17) is 0 Å². The summed E-state index contributed by atoms with van der Waals surface area (Å²) < 4.78 is 24.9. The molecule has 8 nitrogen and oxygen atoms in total. The molecule has 1 unspecified atom stereocenters. The van der Waals surface area contributed by atoms with Gasteiger partial charge in [-0.05, 0) is 18.9 Å². The molecule has 3 rings (SSSR count). The van der Waals surface area contributed by atoms with Crippen LogP contribution in [-0.4, -0.2) is 78.5 Å². The van der Waals surface area contributed by atoms with Crippen LogP contribution in [0.4, 0.5) is 5.95 Å². The lowest BCUT2D eigenvalue weighted by atomic mass is 10.2. The SMILES string of the molecule is CS(=O)(=O)N1CCCC1C(=O)N1CCN(c2ncccn2)CC1. The zero-order valence-electron chi connectivity index (χ0n) is 13.1. The van der Waals surface area contributed by atoms with Gasteiger partial charge in [-0.1, -0.05) is 0 Å². The minimum atomic E-state index is -3.33. The Morgan fingerprint density at radius 3 is 2.39 bits per heavy atom. The zero-order valence-corrected chi connectivity index (χ0v) is 13.9. The van der Waals surface area contributed by atoms with Gasteiger partial charge in [-0.3, -0.25) is 4.79 Å². The van der Waals surface area contributed by atoms with Gasteiger partial charge in [-0.25, -0.2) is 18.4 Å². The van der Waals surface area contributed by atoms with Crippen LogP contribution in [0.15, 0.2) is 18.5 Å². The van der Waals surface area contributed by atoms with Gasteiger partial charge in [0.05, 0.1) is 6.26 Å². The van der Waals surface area contributed by atoms with Crippen molar-refractivity contribution < 1.29 is 13.2 Å². The van der Waals surface area contributed by atoms with Crippen molar-refractivity contribution in [2.45, 2.75) is 18.9 Å². The summed E-state index contributed by atoms with van der Waals surface area (Å²) in [6, 6.07) is 1.23. The Morgan fingerprint density at radius 2 is 1.78 bits per heavy atom. The summed E-state index contributed by atoms with van der Waals surface area (Å²) in [4.78, 5) is 24.9. The van der Waals surface area contributed by atoms with Gasteiger partial charge in [0.1, 0.15) is 6.04 Å². The van der Waals surface area contributed by atoms with E-state index in [0.29, 0.717) is 45.1 Å². The summed E-state index contributed by atoms with van der Waals surface area (Å²) in [6.07, 6.45) is 5.91. The Balaban J connectivity index is 1.62. The maximum atomic E-state index is 12.7. The average Bonchev–Trinajstić information content (AvgIpc) is 3.05. The Bertz CT molecular complexity index is 658. The molecule has 3 heterocycles. The van der Waals surface area contributed by atoms with Gasteiger partial charge in [0.15, 0.2) is 0 Å². The fourth-order valence-corrected chi connectivity index (χ4v) is 4.29. The first kappa shape index (κ1) is 16.1. The number of anilines is 1. The molecule has 0 radical (unpaired) electrons. The van der Waals surface area contributed by atoms with E-state index >= 15 is 0 Å². The number of carbonyl (C=O) groups excluding carboxylic acids is 1. The number of carbonyl (C=O) groups is 1. The molecule has 2 aliphatic heterocycles. The molecule has 9 heteroatoms. The van der Waals surface area contributed by atoms with E-state index in [1.807, 2.05) is 4.90 Å². The van der Waals surface area contributed by atoms with Crippen LogP contribution in [0.5, 0.6) is 0 Å². The van der Waals surface area contributed by atoms with Gasteiger partial charge in [-0.15, -0.1) is 0 Å². The van der Waals surface area contributed by atoms with E-state index < -0.39 is 16.1 Å². The molecule has 1 aromatic rings. The van der Waals surface area contributed by atoms with Crippen LogP contribution in [0.3, 0.4) is 0 Å². The van der Waals surface area contributed by atoms with Crippen molar-refractivity contribution in [2.75, 3.05) is 43.9 Å². The van der Waals surface area contributed by atoms with Crippen molar-refractivity contribution in [1.82, 2.24) is 19.2 Å². The lowest BCUT2D eigenvalue weighted by Crippen LogP contribution is -2.54. The maximum absolute atomic E-state index is 12.7. The summed E-state index contributed by atoms with van der Waals surface area (Å²) >= 11 is 0. The highest BCUT2D eigenvalue weighted by atomic mass is 32.2. The van der Waals surface area contributed by atoms with E-state index in [1.165, 1.54) is 10.6 Å². The highest BCUT2D eigenvalue weighted by Crippen LogP contribution is 2.23. The average molecular weight is 339 g/mol. The number of aromatic nitrogens is 2. The normalized spacial score (nSPS) is 23.3. The molecule has 1 amide bonds. The number of hydrogen-bond donors (Lipinski definition) is 0. The second kappa shape index (κ2) is 6.40. The highest BCUT2D eigenvalue weighted by Gasteiger charge is 2.39. The monoisotopic (exact) mass is 339 g/mol. The van der Waals surface area contributed by atoms with Crippen LogP contribution in [0.1, 0.15) is 12.8 Å². The summed E-state index contributed by atoms with van der Waals surface area (Å²) in [6.45, 7) is 2.87. The molecule has 1 aromatic heterocycles. The minimum absolute atomic E-state index is 0.0819. The van der Waals surface area contributed by atoms with E-state index in [-0.39, 0.29) is 5.91 Å². The predicted octanol–water partition coefficient (Wildman–Crippen LogP) is -0.451. The standard InChI is InChI=1S/C14H21N5O3S/c1-23(21,22)19-7-2-4-12(19)13(20)17-8-10-18(11-9-17)14-15-5-3-6-16-14/h3,5-6,12H,2,4,7-11H2,1H3. The maximum Gasteiger partial charge on any atom is 0.241 e. The van der Waals surface area contributed by atoms with E-state index in [0.717, 1.165) is 6.42 Å². The number of nitrogens with zero attached hydrogens (tertiary/aromatic N) is 5. The number of hydrogen-bond acceptors (Lipinski definition) is 6. The van der Waals surface area contributed by atoms with Gasteiger partial charge < -0.3 is 9.80 Å². The number of rotatable bonds is 3. The molecule has 0 aromatic carbocycles. The van der Waals surface area contributed by atoms with Crippen LogP contribution in [0.25, 0.3) is 0 Å². The molecule has 0 saturated carbocycles. The predicted molar refractivity (Wildman–Crippen MR) is 85.4 cm³/mol. The first-order valence-electron chi connectivity index (χ1n) is 7.74. The molecule has 0 bridgehead atoms. The molecule has 23 heavy (non-hydrogen) atoms. The topological polar surface area (TPSA) is 86.7 Å². The van der Waals surface area contributed by atoms with Crippen molar-refractivity contribution in [1.29, 1.82) is 0 Å². The Labute approximate surface area is 136 Å². The van der Waals surface area contributed by atoms with Crippen molar-refractivity contribution in [3.05, 3.63) is 18.5 Å². The van der Waals surface area contributed by atoms with Crippen LogP contribution < -0.4 is 4.90 Å². The second-order valence-electron chi connectivity index (χ2n) is 5.89. The quantitative estimate of drug-likeness (QED) is 0.741. The van der Waals surface area contributed by atoms with Crippen LogP contribution >= 0.6 is 0 Å².